The van der Waals surface area contributed by atoms with Gasteiger partial charge >= 0.3 is 5.97 Å². The number of sulfonamides is 1. The molecule has 0 bridgehead atoms. The van der Waals surface area contributed by atoms with E-state index in [1.165, 1.54) is 12.1 Å². The summed E-state index contributed by atoms with van der Waals surface area (Å²) in [5.74, 6) is -0.180. The molecule has 2 aromatic carbocycles. The number of nitrogens with one attached hydrogen (secondary N) is 1. The second-order valence-electron chi connectivity index (χ2n) is 6.61. The lowest BCUT2D eigenvalue weighted by molar-refractivity contribution is -0.148. The average Bonchev–Trinajstić information content (AvgIpc) is 2.64. The molecule has 1 N–H and O–H groups in total. The molecule has 6 nitrogen and oxygen atoms in total. The van der Waals surface area contributed by atoms with Gasteiger partial charge in [-0.25, -0.2) is 8.42 Å². The lowest BCUT2D eigenvalue weighted by Gasteiger charge is -2.21. The number of methoxy groups -OCH3 is 1. The largest absolute Gasteiger partial charge is 0.497 e. The van der Waals surface area contributed by atoms with E-state index in [4.69, 9.17) is 9.47 Å². The third-order valence-corrected chi connectivity index (χ3v) is 5.53. The highest BCUT2D eigenvalue weighted by Gasteiger charge is 2.29. The van der Waals surface area contributed by atoms with Gasteiger partial charge < -0.3 is 9.47 Å². The quantitative estimate of drug-likeness (QED) is 0.700. The number of benzene rings is 2. The van der Waals surface area contributed by atoms with Gasteiger partial charge in [0.05, 0.1) is 12.0 Å². The van der Waals surface area contributed by atoms with E-state index in [0.29, 0.717) is 5.75 Å². The van der Waals surface area contributed by atoms with Gasteiger partial charge in [-0.1, -0.05) is 43.7 Å². The van der Waals surface area contributed by atoms with Crippen LogP contribution in [0.5, 0.6) is 5.75 Å². The molecule has 0 saturated carbocycles. The summed E-state index contributed by atoms with van der Waals surface area (Å²) < 4.78 is 38.0. The first-order chi connectivity index (χ1) is 12.7. The van der Waals surface area contributed by atoms with Crippen molar-refractivity contribution < 1.29 is 22.7 Å². The Morgan fingerprint density at radius 2 is 1.63 bits per heavy atom. The van der Waals surface area contributed by atoms with Crippen molar-refractivity contribution in [3.05, 3.63) is 59.7 Å². The average molecular weight is 391 g/mol. The Balaban J connectivity index is 2.06. The maximum absolute atomic E-state index is 12.6. The molecule has 0 aliphatic carbocycles. The number of esters is 1. The van der Waals surface area contributed by atoms with Gasteiger partial charge in [-0.2, -0.15) is 4.72 Å². The molecule has 2 rings (SSSR count). The number of rotatable bonds is 8. The molecular formula is C20H25NO5S. The van der Waals surface area contributed by atoms with Crippen molar-refractivity contribution in [2.45, 2.75) is 38.3 Å². The highest BCUT2D eigenvalue weighted by molar-refractivity contribution is 7.89. The van der Waals surface area contributed by atoms with Crippen molar-refractivity contribution in [1.82, 2.24) is 4.72 Å². The number of hydrogen-bond donors (Lipinski definition) is 1. The summed E-state index contributed by atoms with van der Waals surface area (Å²) in [6.07, 6.45) is 0. The van der Waals surface area contributed by atoms with E-state index in [9.17, 15) is 13.2 Å². The Morgan fingerprint density at radius 1 is 1.04 bits per heavy atom. The number of ether oxygens (including phenoxy) is 2. The van der Waals surface area contributed by atoms with E-state index in [1.807, 2.05) is 6.92 Å². The summed E-state index contributed by atoms with van der Waals surface area (Å²) in [5, 5.41) is 0. The summed E-state index contributed by atoms with van der Waals surface area (Å²) >= 11 is 0. The molecule has 1 atom stereocenters. The Kier molecular flexibility index (Phi) is 6.98. The fourth-order valence-corrected chi connectivity index (χ4v) is 3.71. The van der Waals surface area contributed by atoms with Crippen molar-refractivity contribution in [2.24, 2.45) is 5.92 Å². The zero-order valence-corrected chi connectivity index (χ0v) is 16.7. The first-order valence-corrected chi connectivity index (χ1v) is 10.1. The highest BCUT2D eigenvalue weighted by Crippen LogP contribution is 2.15. The summed E-state index contributed by atoms with van der Waals surface area (Å²) in [4.78, 5) is 12.6. The lowest BCUT2D eigenvalue weighted by Crippen LogP contribution is -2.45. The van der Waals surface area contributed by atoms with Crippen molar-refractivity contribution in [2.75, 3.05) is 7.11 Å². The van der Waals surface area contributed by atoms with Crippen LogP contribution < -0.4 is 9.46 Å². The van der Waals surface area contributed by atoms with Crippen LogP contribution >= 0.6 is 0 Å². The van der Waals surface area contributed by atoms with Crippen molar-refractivity contribution in [1.29, 1.82) is 0 Å². The van der Waals surface area contributed by atoms with Gasteiger partial charge in [0, 0.05) is 0 Å². The van der Waals surface area contributed by atoms with Crippen LogP contribution in [-0.4, -0.2) is 27.5 Å². The van der Waals surface area contributed by atoms with Crippen LogP contribution in [0.3, 0.4) is 0 Å². The second kappa shape index (κ2) is 9.01. The van der Waals surface area contributed by atoms with Gasteiger partial charge in [0.15, 0.2) is 0 Å². The van der Waals surface area contributed by atoms with E-state index in [-0.39, 0.29) is 17.4 Å². The molecule has 0 unspecified atom stereocenters. The molecule has 0 spiro atoms. The molecular weight excluding hydrogens is 366 g/mol. The third kappa shape index (κ3) is 5.80. The van der Waals surface area contributed by atoms with Crippen molar-refractivity contribution in [3.8, 4) is 5.75 Å². The second-order valence-corrected chi connectivity index (χ2v) is 8.33. The van der Waals surface area contributed by atoms with Crippen LogP contribution in [0.2, 0.25) is 0 Å². The third-order valence-electron chi connectivity index (χ3n) is 4.07. The first kappa shape index (κ1) is 20.9. The number of carbonyl (C=O) groups is 1. The molecule has 7 heteroatoms. The molecule has 146 valence electrons. The van der Waals surface area contributed by atoms with Crippen LogP contribution in [0, 0.1) is 12.8 Å². The van der Waals surface area contributed by atoms with E-state index in [2.05, 4.69) is 4.72 Å². The summed E-state index contributed by atoms with van der Waals surface area (Å²) in [6, 6.07) is 12.6. The van der Waals surface area contributed by atoms with Crippen molar-refractivity contribution >= 4 is 16.0 Å². The van der Waals surface area contributed by atoms with Gasteiger partial charge in [0.2, 0.25) is 10.0 Å². The van der Waals surface area contributed by atoms with Gasteiger partial charge in [0.25, 0.3) is 0 Å². The Labute approximate surface area is 160 Å². The standard InChI is InChI=1S/C20H25NO5S/c1-14(2)19(21-27(23,24)18-11-5-15(3)6-12-18)20(22)26-13-16-7-9-17(25-4)10-8-16/h5-12,14,19,21H,13H2,1-4H3/t19-/m0/s1. The predicted octanol–water partition coefficient (Wildman–Crippen LogP) is 3.05. The van der Waals surface area contributed by atoms with Gasteiger partial charge in [-0.05, 0) is 42.7 Å². The molecule has 0 heterocycles. The van der Waals surface area contributed by atoms with Gasteiger partial charge in [-0.15, -0.1) is 0 Å². The number of carbonyl (C=O) groups excluding carboxylic acids is 1. The van der Waals surface area contributed by atoms with Crippen LogP contribution in [-0.2, 0) is 26.2 Å². The first-order valence-electron chi connectivity index (χ1n) is 8.61. The number of aryl methyl sites for hydroxylation is 1. The lowest BCUT2D eigenvalue weighted by atomic mass is 10.1. The maximum atomic E-state index is 12.6. The van der Waals surface area contributed by atoms with Crippen LogP contribution in [0.1, 0.15) is 25.0 Å². The van der Waals surface area contributed by atoms with Crippen LogP contribution in [0.4, 0.5) is 0 Å². The molecule has 0 aliphatic heterocycles. The Bertz CT molecular complexity index is 858. The molecule has 0 saturated heterocycles. The predicted molar refractivity (Wildman–Crippen MR) is 103 cm³/mol. The van der Waals surface area contributed by atoms with Gasteiger partial charge in [-0.3, -0.25) is 4.79 Å². The smallest absolute Gasteiger partial charge is 0.324 e. The van der Waals surface area contributed by atoms with E-state index < -0.39 is 22.0 Å². The van der Waals surface area contributed by atoms with Crippen LogP contribution in [0.25, 0.3) is 0 Å². The minimum Gasteiger partial charge on any atom is -0.497 e. The minimum atomic E-state index is -3.83. The monoisotopic (exact) mass is 391 g/mol. The van der Waals surface area contributed by atoms with E-state index >= 15 is 0 Å². The highest BCUT2D eigenvalue weighted by atomic mass is 32.2. The molecule has 27 heavy (non-hydrogen) atoms. The SMILES string of the molecule is COc1ccc(COC(=O)[C@@H](NS(=O)(=O)c2ccc(C)cc2)C(C)C)cc1. The van der Waals surface area contributed by atoms with Gasteiger partial charge in [0.1, 0.15) is 18.4 Å². The molecule has 0 aromatic heterocycles. The normalized spacial score (nSPS) is 12.6. The minimum absolute atomic E-state index is 0.0539. The topological polar surface area (TPSA) is 81.7 Å². The van der Waals surface area contributed by atoms with E-state index in [0.717, 1.165) is 11.1 Å². The molecule has 0 amide bonds. The zero-order valence-electron chi connectivity index (χ0n) is 15.9. The fourth-order valence-electron chi connectivity index (χ4n) is 2.37. The summed E-state index contributed by atoms with van der Waals surface area (Å²) in [7, 11) is -2.25. The van der Waals surface area contributed by atoms with E-state index in [1.54, 1.807) is 57.4 Å². The molecule has 0 aliphatic rings. The maximum Gasteiger partial charge on any atom is 0.324 e. The number of hydrogen-bond acceptors (Lipinski definition) is 5. The fraction of sp³-hybridized carbons (Fsp3) is 0.350. The molecule has 0 fully saturated rings. The summed E-state index contributed by atoms with van der Waals surface area (Å²) in [6.45, 7) is 5.45. The van der Waals surface area contributed by atoms with Crippen LogP contribution in [0.15, 0.2) is 53.4 Å². The Morgan fingerprint density at radius 3 is 2.15 bits per heavy atom. The summed E-state index contributed by atoms with van der Waals surface area (Å²) in [5.41, 5.74) is 1.74. The zero-order chi connectivity index (χ0) is 20.0. The molecule has 2 aromatic rings. The van der Waals surface area contributed by atoms with Crippen molar-refractivity contribution in [3.63, 3.8) is 0 Å². The molecule has 0 radical (unpaired) electrons. The Hall–Kier alpha value is -2.38.